The molecule has 3 fully saturated rings. The number of carbonyl (C=O) groups is 2. The standard InChI is InChI=1S/C17H13ClN2O4/c18-12-4-1-7(20(23)24)5-13(12)19-16(21)14-8-2-3-9(11-6-10(8)11)15(14)17(19)22/h1-5,8-11,14-15H,6H2/t8-,9-,10-,11-,14-,15+/m0/s1. The molecule has 1 aromatic carbocycles. The van der Waals surface area contributed by atoms with Gasteiger partial charge in [0.1, 0.15) is 0 Å². The highest BCUT2D eigenvalue weighted by molar-refractivity contribution is 6.36. The molecule has 122 valence electrons. The lowest BCUT2D eigenvalue weighted by Gasteiger charge is -2.37. The highest BCUT2D eigenvalue weighted by atomic mass is 35.5. The number of benzene rings is 1. The fourth-order valence-corrected chi connectivity index (χ4v) is 5.18. The van der Waals surface area contributed by atoms with Crippen molar-refractivity contribution in [2.45, 2.75) is 6.42 Å². The van der Waals surface area contributed by atoms with Crippen LogP contribution in [0.2, 0.25) is 5.02 Å². The second-order valence-corrected chi connectivity index (χ2v) is 7.47. The lowest BCUT2D eigenvalue weighted by Crippen LogP contribution is -2.40. The molecule has 6 rings (SSSR count). The van der Waals surface area contributed by atoms with Gasteiger partial charge < -0.3 is 0 Å². The largest absolute Gasteiger partial charge is 0.274 e. The van der Waals surface area contributed by atoms with Gasteiger partial charge in [-0.2, -0.15) is 0 Å². The zero-order valence-corrected chi connectivity index (χ0v) is 13.2. The second kappa shape index (κ2) is 4.45. The number of non-ortho nitro benzene ring substituents is 1. The van der Waals surface area contributed by atoms with E-state index in [1.54, 1.807) is 0 Å². The minimum absolute atomic E-state index is 0.115. The first-order valence-electron chi connectivity index (χ1n) is 7.99. The van der Waals surface area contributed by atoms with E-state index < -0.39 is 4.92 Å². The van der Waals surface area contributed by atoms with Gasteiger partial charge in [0.15, 0.2) is 0 Å². The fourth-order valence-electron chi connectivity index (χ4n) is 4.98. The Labute approximate surface area is 142 Å². The van der Waals surface area contributed by atoms with Gasteiger partial charge in [0.2, 0.25) is 11.8 Å². The lowest BCUT2D eigenvalue weighted by molar-refractivity contribution is -0.384. The summed E-state index contributed by atoms with van der Waals surface area (Å²) < 4.78 is 0. The molecule has 4 aliphatic carbocycles. The summed E-state index contributed by atoms with van der Waals surface area (Å²) >= 11 is 6.15. The molecule has 2 amide bonds. The summed E-state index contributed by atoms with van der Waals surface area (Å²) in [7, 11) is 0. The number of carbonyl (C=O) groups excluding carboxylic acids is 2. The number of nitrogens with zero attached hydrogens (tertiary/aromatic N) is 2. The van der Waals surface area contributed by atoms with Gasteiger partial charge >= 0.3 is 0 Å². The van der Waals surface area contributed by atoms with Crippen molar-refractivity contribution in [2.24, 2.45) is 35.5 Å². The molecule has 5 aliphatic rings. The van der Waals surface area contributed by atoms with Crippen LogP contribution in [0.4, 0.5) is 11.4 Å². The number of imide groups is 1. The Balaban J connectivity index is 1.60. The summed E-state index contributed by atoms with van der Waals surface area (Å²) in [6.07, 6.45) is 5.26. The summed E-state index contributed by atoms with van der Waals surface area (Å²) in [5.74, 6) is 0.0391. The molecule has 0 aromatic heterocycles. The Morgan fingerprint density at radius 1 is 1.08 bits per heavy atom. The average molecular weight is 345 g/mol. The molecule has 1 saturated heterocycles. The average Bonchev–Trinajstić information content (AvgIpc) is 3.33. The van der Waals surface area contributed by atoms with Crippen LogP contribution in [0, 0.1) is 45.6 Å². The first-order chi connectivity index (χ1) is 11.5. The summed E-state index contributed by atoms with van der Waals surface area (Å²) in [6.45, 7) is 0. The molecule has 2 saturated carbocycles. The van der Waals surface area contributed by atoms with Crippen LogP contribution in [0.1, 0.15) is 6.42 Å². The van der Waals surface area contributed by atoms with Crippen molar-refractivity contribution in [2.75, 3.05) is 4.90 Å². The Bertz CT molecular complexity index is 815. The Hall–Kier alpha value is -2.21. The van der Waals surface area contributed by atoms with Gasteiger partial charge in [-0.15, -0.1) is 0 Å². The molecule has 1 heterocycles. The zero-order valence-electron chi connectivity index (χ0n) is 12.5. The van der Waals surface area contributed by atoms with E-state index >= 15 is 0 Å². The van der Waals surface area contributed by atoms with Gasteiger partial charge in [0.05, 0.1) is 27.5 Å². The van der Waals surface area contributed by atoms with Gasteiger partial charge in [0, 0.05) is 12.1 Å². The quantitative estimate of drug-likeness (QED) is 0.357. The molecule has 0 spiro atoms. The SMILES string of the molecule is O=C1[C@@H]2[C@H]3C=C[C@@H]([C@@H]4C[C@@H]34)[C@@H]2C(=O)N1c1cc([N+](=O)[O-])ccc1Cl. The number of amides is 2. The number of nitro benzene ring substituents is 1. The van der Waals surface area contributed by atoms with Gasteiger partial charge in [-0.25, -0.2) is 4.90 Å². The van der Waals surface area contributed by atoms with Crippen LogP contribution in [0.3, 0.4) is 0 Å². The van der Waals surface area contributed by atoms with Crippen molar-refractivity contribution in [3.05, 3.63) is 45.5 Å². The number of nitro groups is 1. The topological polar surface area (TPSA) is 80.5 Å². The van der Waals surface area contributed by atoms with Gasteiger partial charge in [0.25, 0.3) is 5.69 Å². The number of rotatable bonds is 2. The summed E-state index contributed by atoms with van der Waals surface area (Å²) in [5, 5.41) is 11.2. The van der Waals surface area contributed by atoms with E-state index in [1.165, 1.54) is 18.2 Å². The Kier molecular flexibility index (Phi) is 2.62. The van der Waals surface area contributed by atoms with Crippen molar-refractivity contribution in [1.29, 1.82) is 0 Å². The maximum atomic E-state index is 13.0. The van der Waals surface area contributed by atoms with E-state index in [4.69, 9.17) is 11.6 Å². The highest BCUT2D eigenvalue weighted by Crippen LogP contribution is 2.65. The highest BCUT2D eigenvalue weighted by Gasteiger charge is 2.67. The minimum Gasteiger partial charge on any atom is -0.274 e. The molecule has 6 atom stereocenters. The fraction of sp³-hybridized carbons (Fsp3) is 0.412. The lowest BCUT2D eigenvalue weighted by atomic mass is 9.63. The van der Waals surface area contributed by atoms with Crippen molar-refractivity contribution in [3.63, 3.8) is 0 Å². The number of halogens is 1. The molecule has 24 heavy (non-hydrogen) atoms. The first kappa shape index (κ1) is 14.2. The first-order valence-corrected chi connectivity index (χ1v) is 8.37. The predicted molar refractivity (Wildman–Crippen MR) is 85.3 cm³/mol. The van der Waals surface area contributed by atoms with Crippen LogP contribution >= 0.6 is 11.6 Å². The van der Waals surface area contributed by atoms with Crippen LogP contribution in [-0.2, 0) is 9.59 Å². The summed E-state index contributed by atoms with van der Waals surface area (Å²) in [4.78, 5) is 37.5. The molecular formula is C17H13ClN2O4. The van der Waals surface area contributed by atoms with E-state index in [9.17, 15) is 19.7 Å². The maximum Gasteiger partial charge on any atom is 0.271 e. The Morgan fingerprint density at radius 3 is 2.21 bits per heavy atom. The molecule has 6 nitrogen and oxygen atoms in total. The number of hydrogen-bond donors (Lipinski definition) is 0. The van der Waals surface area contributed by atoms with Crippen LogP contribution in [0.25, 0.3) is 0 Å². The predicted octanol–water partition coefficient (Wildman–Crippen LogP) is 2.81. The van der Waals surface area contributed by atoms with Crippen LogP contribution in [-0.4, -0.2) is 16.7 Å². The number of anilines is 1. The Morgan fingerprint density at radius 2 is 1.67 bits per heavy atom. The van der Waals surface area contributed by atoms with E-state index in [2.05, 4.69) is 12.2 Å². The summed E-state index contributed by atoms with van der Waals surface area (Å²) in [6, 6.07) is 3.85. The van der Waals surface area contributed by atoms with E-state index in [1.807, 2.05) is 0 Å². The van der Waals surface area contributed by atoms with Crippen LogP contribution in [0.15, 0.2) is 30.4 Å². The molecule has 0 N–H and O–H groups in total. The molecule has 1 aliphatic heterocycles. The number of hydrogen-bond acceptors (Lipinski definition) is 4. The molecule has 7 heteroatoms. The van der Waals surface area contributed by atoms with E-state index in [0.29, 0.717) is 11.8 Å². The van der Waals surface area contributed by atoms with Gasteiger partial charge in [-0.1, -0.05) is 23.8 Å². The second-order valence-electron chi connectivity index (χ2n) is 7.06. The van der Waals surface area contributed by atoms with Gasteiger partial charge in [-0.05, 0) is 36.2 Å². The van der Waals surface area contributed by atoms with Crippen molar-refractivity contribution >= 4 is 34.8 Å². The van der Waals surface area contributed by atoms with Crippen molar-refractivity contribution in [3.8, 4) is 0 Å². The van der Waals surface area contributed by atoms with Crippen LogP contribution < -0.4 is 4.90 Å². The molecule has 0 unspecified atom stereocenters. The van der Waals surface area contributed by atoms with E-state index in [-0.39, 0.29) is 51.9 Å². The molecule has 0 radical (unpaired) electrons. The van der Waals surface area contributed by atoms with Crippen molar-refractivity contribution in [1.82, 2.24) is 0 Å². The monoisotopic (exact) mass is 344 g/mol. The zero-order chi connectivity index (χ0) is 16.7. The third kappa shape index (κ3) is 1.61. The third-order valence-electron chi connectivity index (χ3n) is 6.04. The maximum absolute atomic E-state index is 13.0. The number of allylic oxidation sites excluding steroid dienone is 2. The van der Waals surface area contributed by atoms with Crippen LogP contribution in [0.5, 0.6) is 0 Å². The molecular weight excluding hydrogens is 332 g/mol. The normalized spacial score (nSPS) is 38.3. The molecule has 1 aromatic rings. The summed E-state index contributed by atoms with van der Waals surface area (Å²) in [5.41, 5.74) is -0.0582. The van der Waals surface area contributed by atoms with Gasteiger partial charge in [-0.3, -0.25) is 19.7 Å². The van der Waals surface area contributed by atoms with E-state index in [0.717, 1.165) is 11.3 Å². The molecule has 2 bridgehead atoms. The minimum atomic E-state index is -0.557. The smallest absolute Gasteiger partial charge is 0.271 e. The van der Waals surface area contributed by atoms with Crippen molar-refractivity contribution < 1.29 is 14.5 Å². The third-order valence-corrected chi connectivity index (χ3v) is 6.36.